The molecule has 1 N–H and O–H groups in total. The Morgan fingerprint density at radius 2 is 1.74 bits per heavy atom. The zero-order chi connectivity index (χ0) is 16.4. The standard InChI is InChI=1S/C17H17N3O2S/c1-11-5-4-6-13(7-11)20-16(18-19-17(20)23)12-8-14(21-2)10-15(9-12)22-3/h4-10H,1-3H3,(H,19,23). The molecule has 0 saturated heterocycles. The van der Waals surface area contributed by atoms with Crippen molar-refractivity contribution < 1.29 is 9.47 Å². The van der Waals surface area contributed by atoms with E-state index in [9.17, 15) is 0 Å². The van der Waals surface area contributed by atoms with E-state index in [-0.39, 0.29) is 0 Å². The predicted molar refractivity (Wildman–Crippen MR) is 92.0 cm³/mol. The summed E-state index contributed by atoms with van der Waals surface area (Å²) in [4.78, 5) is 0. The van der Waals surface area contributed by atoms with Crippen molar-refractivity contribution in [3.8, 4) is 28.6 Å². The highest BCUT2D eigenvalue weighted by Gasteiger charge is 2.13. The SMILES string of the molecule is COc1cc(OC)cc(-c2n[nH]c(=S)n2-c2cccc(C)c2)c1. The van der Waals surface area contributed by atoms with Crippen LogP contribution in [0.3, 0.4) is 0 Å². The van der Waals surface area contributed by atoms with Crippen LogP contribution < -0.4 is 9.47 Å². The van der Waals surface area contributed by atoms with Crippen LogP contribution >= 0.6 is 12.2 Å². The lowest BCUT2D eigenvalue weighted by atomic mass is 10.1. The van der Waals surface area contributed by atoms with Crippen molar-refractivity contribution in [2.24, 2.45) is 0 Å². The number of benzene rings is 2. The third kappa shape index (κ3) is 2.98. The molecule has 3 rings (SSSR count). The molecule has 0 unspecified atom stereocenters. The van der Waals surface area contributed by atoms with Gasteiger partial charge in [0.1, 0.15) is 11.5 Å². The summed E-state index contributed by atoms with van der Waals surface area (Å²) >= 11 is 5.40. The Labute approximate surface area is 139 Å². The van der Waals surface area contributed by atoms with Gasteiger partial charge in [-0.15, -0.1) is 0 Å². The number of aromatic amines is 1. The third-order valence-electron chi connectivity index (χ3n) is 3.54. The number of aryl methyl sites for hydroxylation is 1. The maximum atomic E-state index is 5.40. The van der Waals surface area contributed by atoms with Crippen molar-refractivity contribution in [2.45, 2.75) is 6.92 Å². The second-order valence-electron chi connectivity index (χ2n) is 5.13. The summed E-state index contributed by atoms with van der Waals surface area (Å²) in [5, 5.41) is 7.24. The maximum absolute atomic E-state index is 5.40. The van der Waals surface area contributed by atoms with E-state index in [0.29, 0.717) is 22.1 Å². The zero-order valence-electron chi connectivity index (χ0n) is 13.2. The second-order valence-corrected chi connectivity index (χ2v) is 5.51. The van der Waals surface area contributed by atoms with Crippen molar-refractivity contribution in [1.82, 2.24) is 14.8 Å². The van der Waals surface area contributed by atoms with Gasteiger partial charge < -0.3 is 9.47 Å². The Bertz CT molecular complexity index is 877. The van der Waals surface area contributed by atoms with Gasteiger partial charge in [0.25, 0.3) is 0 Å². The van der Waals surface area contributed by atoms with Gasteiger partial charge in [0.15, 0.2) is 10.6 Å². The van der Waals surface area contributed by atoms with E-state index in [1.807, 2.05) is 47.9 Å². The zero-order valence-corrected chi connectivity index (χ0v) is 14.0. The van der Waals surface area contributed by atoms with Gasteiger partial charge in [-0.2, -0.15) is 5.10 Å². The van der Waals surface area contributed by atoms with Crippen LogP contribution in [-0.2, 0) is 0 Å². The molecule has 5 nitrogen and oxygen atoms in total. The van der Waals surface area contributed by atoms with Gasteiger partial charge in [-0.3, -0.25) is 9.67 Å². The van der Waals surface area contributed by atoms with Crippen molar-refractivity contribution in [3.63, 3.8) is 0 Å². The summed E-state index contributed by atoms with van der Waals surface area (Å²) in [5.74, 6) is 2.10. The molecular weight excluding hydrogens is 310 g/mol. The van der Waals surface area contributed by atoms with Crippen molar-refractivity contribution in [2.75, 3.05) is 14.2 Å². The normalized spacial score (nSPS) is 10.6. The Morgan fingerprint density at radius 1 is 1.04 bits per heavy atom. The predicted octanol–water partition coefficient (Wildman–Crippen LogP) is 3.92. The quantitative estimate of drug-likeness (QED) is 0.738. The summed E-state index contributed by atoms with van der Waals surface area (Å²) in [7, 11) is 3.24. The molecule has 0 amide bonds. The van der Waals surface area contributed by atoms with E-state index in [0.717, 1.165) is 16.8 Å². The molecule has 1 aromatic heterocycles. The Kier molecular flexibility index (Phi) is 4.16. The summed E-state index contributed by atoms with van der Waals surface area (Å²) in [6.45, 7) is 2.04. The molecule has 0 fully saturated rings. The Morgan fingerprint density at radius 3 is 2.35 bits per heavy atom. The molecule has 0 radical (unpaired) electrons. The molecule has 0 saturated carbocycles. The summed E-state index contributed by atoms with van der Waals surface area (Å²) in [6, 6.07) is 13.7. The molecule has 3 aromatic rings. The summed E-state index contributed by atoms with van der Waals surface area (Å²) in [6.07, 6.45) is 0. The Hall–Kier alpha value is -2.60. The lowest BCUT2D eigenvalue weighted by Gasteiger charge is -2.10. The number of aromatic nitrogens is 3. The van der Waals surface area contributed by atoms with E-state index in [4.69, 9.17) is 21.7 Å². The number of hydrogen-bond acceptors (Lipinski definition) is 4. The highest BCUT2D eigenvalue weighted by molar-refractivity contribution is 7.71. The van der Waals surface area contributed by atoms with Crippen LogP contribution in [0, 0.1) is 11.7 Å². The van der Waals surface area contributed by atoms with Crippen molar-refractivity contribution >= 4 is 12.2 Å². The number of nitrogens with zero attached hydrogens (tertiary/aromatic N) is 2. The lowest BCUT2D eigenvalue weighted by Crippen LogP contribution is -1.99. The Balaban J connectivity index is 2.21. The first-order valence-electron chi connectivity index (χ1n) is 7.10. The van der Waals surface area contributed by atoms with Gasteiger partial charge in [0.2, 0.25) is 0 Å². The molecular formula is C17H17N3O2S. The van der Waals surface area contributed by atoms with E-state index < -0.39 is 0 Å². The first-order chi connectivity index (χ1) is 11.1. The van der Waals surface area contributed by atoms with Gasteiger partial charge in [0.05, 0.1) is 19.9 Å². The van der Waals surface area contributed by atoms with Crippen LogP contribution in [0.25, 0.3) is 17.1 Å². The highest BCUT2D eigenvalue weighted by atomic mass is 32.1. The number of nitrogens with one attached hydrogen (secondary N) is 1. The smallest absolute Gasteiger partial charge is 0.200 e. The monoisotopic (exact) mass is 327 g/mol. The minimum absolute atomic E-state index is 0.535. The fourth-order valence-corrected chi connectivity index (χ4v) is 2.67. The molecule has 0 aliphatic carbocycles. The molecule has 0 bridgehead atoms. The van der Waals surface area contributed by atoms with Crippen molar-refractivity contribution in [1.29, 1.82) is 0 Å². The molecule has 0 atom stereocenters. The van der Waals surface area contributed by atoms with Crippen LogP contribution in [0.4, 0.5) is 0 Å². The van der Waals surface area contributed by atoms with E-state index >= 15 is 0 Å². The summed E-state index contributed by atoms with van der Waals surface area (Å²) in [5.41, 5.74) is 2.97. The number of H-pyrrole nitrogens is 1. The molecule has 0 spiro atoms. The van der Waals surface area contributed by atoms with Gasteiger partial charge in [-0.1, -0.05) is 12.1 Å². The number of rotatable bonds is 4. The maximum Gasteiger partial charge on any atom is 0.200 e. The first-order valence-corrected chi connectivity index (χ1v) is 7.51. The van der Waals surface area contributed by atoms with Crippen LogP contribution in [0.5, 0.6) is 11.5 Å². The minimum Gasteiger partial charge on any atom is -0.497 e. The molecule has 2 aromatic carbocycles. The minimum atomic E-state index is 0.535. The highest BCUT2D eigenvalue weighted by Crippen LogP contribution is 2.30. The largest absolute Gasteiger partial charge is 0.497 e. The fourth-order valence-electron chi connectivity index (χ4n) is 2.43. The molecule has 6 heteroatoms. The third-order valence-corrected chi connectivity index (χ3v) is 3.82. The van der Waals surface area contributed by atoms with Gasteiger partial charge in [-0.25, -0.2) is 0 Å². The average Bonchev–Trinajstić information content (AvgIpc) is 2.96. The van der Waals surface area contributed by atoms with E-state index in [2.05, 4.69) is 16.3 Å². The molecule has 0 aliphatic heterocycles. The number of methoxy groups -OCH3 is 2. The average molecular weight is 327 g/mol. The van der Waals surface area contributed by atoms with Crippen LogP contribution in [0.1, 0.15) is 5.56 Å². The lowest BCUT2D eigenvalue weighted by molar-refractivity contribution is 0.394. The van der Waals surface area contributed by atoms with Gasteiger partial charge in [-0.05, 0) is 49.0 Å². The second kappa shape index (κ2) is 6.26. The molecule has 1 heterocycles. The molecule has 118 valence electrons. The summed E-state index contributed by atoms with van der Waals surface area (Å²) < 4.78 is 13.1. The van der Waals surface area contributed by atoms with Crippen LogP contribution in [-0.4, -0.2) is 29.0 Å². The van der Waals surface area contributed by atoms with E-state index in [1.165, 1.54) is 0 Å². The van der Waals surface area contributed by atoms with E-state index in [1.54, 1.807) is 14.2 Å². The fraction of sp³-hybridized carbons (Fsp3) is 0.176. The molecule has 0 aliphatic rings. The van der Waals surface area contributed by atoms with Crippen LogP contribution in [0.15, 0.2) is 42.5 Å². The van der Waals surface area contributed by atoms with Crippen molar-refractivity contribution in [3.05, 3.63) is 52.8 Å². The number of ether oxygens (including phenoxy) is 2. The topological polar surface area (TPSA) is 52.1 Å². The van der Waals surface area contributed by atoms with Crippen LogP contribution in [0.2, 0.25) is 0 Å². The van der Waals surface area contributed by atoms with Gasteiger partial charge in [0, 0.05) is 11.6 Å². The number of hydrogen-bond donors (Lipinski definition) is 1. The van der Waals surface area contributed by atoms with Gasteiger partial charge >= 0.3 is 0 Å². The molecule has 23 heavy (non-hydrogen) atoms. The first kappa shape index (κ1) is 15.3.